The molecule has 2 aromatic rings. The third-order valence-electron chi connectivity index (χ3n) is 2.43. The summed E-state index contributed by atoms with van der Waals surface area (Å²) in [6, 6.07) is 5.08. The molecule has 3 nitrogen and oxygen atoms in total. The zero-order valence-corrected chi connectivity index (χ0v) is 7.90. The smallest absolute Gasteiger partial charge is 0.196 e. The van der Waals surface area contributed by atoms with E-state index < -0.39 is 0 Å². The number of hydrogen-bond donors (Lipinski definition) is 0. The lowest BCUT2D eigenvalue weighted by molar-refractivity contribution is 0.362. The Morgan fingerprint density at radius 3 is 3.07 bits per heavy atom. The first-order chi connectivity index (χ1) is 7.36. The molecule has 3 rings (SSSR count). The first-order valence-electron chi connectivity index (χ1n) is 4.70. The van der Waals surface area contributed by atoms with Gasteiger partial charge >= 0.3 is 0 Å². The molecule has 1 aliphatic rings. The molecule has 1 aliphatic heterocycles. The molecule has 0 spiro atoms. The van der Waals surface area contributed by atoms with Gasteiger partial charge in [-0.15, -0.1) is 0 Å². The highest BCUT2D eigenvalue weighted by molar-refractivity contribution is 5.88. The van der Waals surface area contributed by atoms with E-state index in [9.17, 15) is 4.79 Å². The molecular formula is C12H8O3. The van der Waals surface area contributed by atoms with Crippen LogP contribution in [-0.2, 0) is 0 Å². The van der Waals surface area contributed by atoms with Gasteiger partial charge in [0.1, 0.15) is 23.3 Å². The number of rotatable bonds is 0. The quantitative estimate of drug-likeness (QED) is 0.654. The SMILES string of the molecule is O=c1ccoc2ccc3c(c12)OCC=C3. The predicted molar refractivity (Wildman–Crippen MR) is 57.0 cm³/mol. The van der Waals surface area contributed by atoms with Crippen molar-refractivity contribution in [3.8, 4) is 5.75 Å². The maximum atomic E-state index is 11.7. The third kappa shape index (κ3) is 1.16. The number of hydrogen-bond acceptors (Lipinski definition) is 3. The number of fused-ring (bicyclic) bond motifs is 3. The van der Waals surface area contributed by atoms with Gasteiger partial charge in [-0.2, -0.15) is 0 Å². The van der Waals surface area contributed by atoms with Crippen molar-refractivity contribution in [1.82, 2.24) is 0 Å². The molecule has 1 aromatic carbocycles. The maximum Gasteiger partial charge on any atom is 0.196 e. The highest BCUT2D eigenvalue weighted by atomic mass is 16.5. The fraction of sp³-hybridized carbons (Fsp3) is 0.0833. The summed E-state index contributed by atoms with van der Waals surface area (Å²) in [4.78, 5) is 11.7. The van der Waals surface area contributed by atoms with Crippen molar-refractivity contribution in [3.63, 3.8) is 0 Å². The van der Waals surface area contributed by atoms with Gasteiger partial charge in [0.25, 0.3) is 0 Å². The van der Waals surface area contributed by atoms with Crippen molar-refractivity contribution in [2.75, 3.05) is 6.61 Å². The Kier molecular flexibility index (Phi) is 1.65. The Morgan fingerprint density at radius 1 is 1.20 bits per heavy atom. The fourth-order valence-corrected chi connectivity index (χ4v) is 1.76. The van der Waals surface area contributed by atoms with Crippen molar-refractivity contribution in [3.05, 3.63) is 46.3 Å². The summed E-state index contributed by atoms with van der Waals surface area (Å²) in [6.45, 7) is 0.500. The summed E-state index contributed by atoms with van der Waals surface area (Å²) in [6.07, 6.45) is 5.26. The molecule has 0 amide bonds. The molecule has 0 saturated heterocycles. The molecule has 0 unspecified atom stereocenters. The van der Waals surface area contributed by atoms with Gasteiger partial charge < -0.3 is 9.15 Å². The molecular weight excluding hydrogens is 192 g/mol. The average Bonchev–Trinajstić information content (AvgIpc) is 2.29. The van der Waals surface area contributed by atoms with Crippen LogP contribution in [-0.4, -0.2) is 6.61 Å². The lowest BCUT2D eigenvalue weighted by Gasteiger charge is -2.13. The van der Waals surface area contributed by atoms with Crippen LogP contribution in [0.3, 0.4) is 0 Å². The monoisotopic (exact) mass is 200 g/mol. The minimum atomic E-state index is -0.0663. The van der Waals surface area contributed by atoms with E-state index in [4.69, 9.17) is 9.15 Å². The second kappa shape index (κ2) is 2.98. The Labute approximate surface area is 85.6 Å². The highest BCUT2D eigenvalue weighted by Crippen LogP contribution is 2.30. The average molecular weight is 200 g/mol. The molecule has 0 bridgehead atoms. The van der Waals surface area contributed by atoms with Crippen LogP contribution in [0.2, 0.25) is 0 Å². The van der Waals surface area contributed by atoms with Crippen molar-refractivity contribution in [2.45, 2.75) is 0 Å². The predicted octanol–water partition coefficient (Wildman–Crippen LogP) is 2.20. The molecule has 74 valence electrons. The van der Waals surface area contributed by atoms with E-state index in [0.29, 0.717) is 23.3 Å². The molecule has 0 radical (unpaired) electrons. The molecule has 0 fully saturated rings. The van der Waals surface area contributed by atoms with Crippen LogP contribution in [0.1, 0.15) is 5.56 Å². The molecule has 15 heavy (non-hydrogen) atoms. The van der Waals surface area contributed by atoms with Crippen LogP contribution >= 0.6 is 0 Å². The van der Waals surface area contributed by atoms with Crippen molar-refractivity contribution >= 4 is 17.0 Å². The Morgan fingerprint density at radius 2 is 2.13 bits per heavy atom. The zero-order valence-electron chi connectivity index (χ0n) is 7.90. The minimum absolute atomic E-state index is 0.0663. The lowest BCUT2D eigenvalue weighted by atomic mass is 10.1. The summed E-state index contributed by atoms with van der Waals surface area (Å²) in [5.74, 6) is 0.629. The standard InChI is InChI=1S/C12H8O3/c13-9-5-7-14-10-4-3-8-2-1-6-15-12(8)11(9)10/h1-5,7H,6H2. The van der Waals surface area contributed by atoms with Gasteiger partial charge in [-0.25, -0.2) is 0 Å². The summed E-state index contributed by atoms with van der Waals surface area (Å²) in [5.41, 5.74) is 1.42. The first-order valence-corrected chi connectivity index (χ1v) is 4.70. The normalized spacial score (nSPS) is 13.6. The Balaban J connectivity index is 2.51. The lowest BCUT2D eigenvalue weighted by Crippen LogP contribution is -2.06. The van der Waals surface area contributed by atoms with Gasteiger partial charge in [-0.05, 0) is 18.2 Å². The molecule has 0 atom stereocenters. The van der Waals surface area contributed by atoms with Gasteiger partial charge in [0.2, 0.25) is 0 Å². The van der Waals surface area contributed by atoms with Crippen molar-refractivity contribution in [1.29, 1.82) is 0 Å². The summed E-state index contributed by atoms with van der Waals surface area (Å²) in [5, 5.41) is 0.527. The van der Waals surface area contributed by atoms with E-state index >= 15 is 0 Å². The van der Waals surface area contributed by atoms with Gasteiger partial charge in [0.05, 0.1) is 6.26 Å². The molecule has 3 heteroatoms. The number of benzene rings is 1. The number of ether oxygens (including phenoxy) is 1. The minimum Gasteiger partial charge on any atom is -0.488 e. The van der Waals surface area contributed by atoms with Crippen LogP contribution in [0.25, 0.3) is 17.0 Å². The van der Waals surface area contributed by atoms with Crippen molar-refractivity contribution in [2.24, 2.45) is 0 Å². The van der Waals surface area contributed by atoms with Gasteiger partial charge in [0.15, 0.2) is 5.43 Å². The maximum absolute atomic E-state index is 11.7. The fourth-order valence-electron chi connectivity index (χ4n) is 1.76. The second-order valence-electron chi connectivity index (χ2n) is 3.36. The molecule has 0 aliphatic carbocycles. The highest BCUT2D eigenvalue weighted by Gasteiger charge is 2.13. The van der Waals surface area contributed by atoms with Crippen LogP contribution in [0.5, 0.6) is 5.75 Å². The summed E-state index contributed by atoms with van der Waals surface area (Å²) < 4.78 is 10.7. The van der Waals surface area contributed by atoms with Crippen LogP contribution in [0.4, 0.5) is 0 Å². The topological polar surface area (TPSA) is 39.4 Å². The van der Waals surface area contributed by atoms with E-state index in [1.807, 2.05) is 18.2 Å². The molecule has 2 heterocycles. The Bertz CT molecular complexity index is 608. The first kappa shape index (κ1) is 8.29. The van der Waals surface area contributed by atoms with Crippen LogP contribution < -0.4 is 10.2 Å². The van der Waals surface area contributed by atoms with Gasteiger partial charge in [0, 0.05) is 11.6 Å². The third-order valence-corrected chi connectivity index (χ3v) is 2.43. The van der Waals surface area contributed by atoms with Gasteiger partial charge in [-0.3, -0.25) is 4.79 Å². The van der Waals surface area contributed by atoms with E-state index in [1.165, 1.54) is 12.3 Å². The Hall–Kier alpha value is -2.03. The summed E-state index contributed by atoms with van der Waals surface area (Å²) in [7, 11) is 0. The molecule has 0 N–H and O–H groups in total. The second-order valence-corrected chi connectivity index (χ2v) is 3.36. The van der Waals surface area contributed by atoms with E-state index in [2.05, 4.69) is 0 Å². The van der Waals surface area contributed by atoms with Crippen molar-refractivity contribution < 1.29 is 9.15 Å². The molecule has 0 saturated carbocycles. The summed E-state index contributed by atoms with van der Waals surface area (Å²) >= 11 is 0. The van der Waals surface area contributed by atoms with E-state index in [0.717, 1.165) is 5.56 Å². The van der Waals surface area contributed by atoms with Gasteiger partial charge in [-0.1, -0.05) is 6.08 Å². The molecule has 1 aromatic heterocycles. The largest absolute Gasteiger partial charge is 0.488 e. The van der Waals surface area contributed by atoms with E-state index in [-0.39, 0.29) is 5.43 Å². The van der Waals surface area contributed by atoms with Crippen LogP contribution in [0.15, 0.2) is 39.7 Å². The van der Waals surface area contributed by atoms with E-state index in [1.54, 1.807) is 6.07 Å². The zero-order chi connectivity index (χ0) is 10.3. The van der Waals surface area contributed by atoms with Crippen LogP contribution in [0, 0.1) is 0 Å².